The number of ether oxygens (including phenoxy) is 2. The molecule has 0 radical (unpaired) electrons. The number of amides is 1. The lowest BCUT2D eigenvalue weighted by Crippen LogP contribution is -2.46. The second kappa shape index (κ2) is 9.27. The average Bonchev–Trinajstić information content (AvgIpc) is 2.35. The third-order valence-corrected chi connectivity index (χ3v) is 2.78. The molecule has 2 N–H and O–H groups in total. The summed E-state index contributed by atoms with van der Waals surface area (Å²) in [4.78, 5) is 13.6. The van der Waals surface area contributed by atoms with E-state index < -0.39 is 0 Å². The summed E-state index contributed by atoms with van der Waals surface area (Å²) in [5, 5.41) is 6.14. The van der Waals surface area contributed by atoms with Gasteiger partial charge in [0.2, 0.25) is 5.91 Å². The first-order chi connectivity index (χ1) is 8.72. The molecule has 0 bridgehead atoms. The first-order valence-electron chi connectivity index (χ1n) is 6.49. The molecule has 1 aliphatic rings. The molecule has 0 spiro atoms. The van der Waals surface area contributed by atoms with Crippen LogP contribution in [0.5, 0.6) is 0 Å². The molecule has 0 saturated carbocycles. The molecule has 0 aromatic heterocycles. The number of rotatable bonds is 8. The second-order valence-electron chi connectivity index (χ2n) is 4.59. The van der Waals surface area contributed by atoms with E-state index in [-0.39, 0.29) is 12.0 Å². The van der Waals surface area contributed by atoms with Crippen molar-refractivity contribution in [1.29, 1.82) is 0 Å². The van der Waals surface area contributed by atoms with Crippen molar-refractivity contribution in [2.24, 2.45) is 0 Å². The van der Waals surface area contributed by atoms with Crippen LogP contribution in [0.4, 0.5) is 0 Å². The van der Waals surface area contributed by atoms with Crippen molar-refractivity contribution in [3.8, 4) is 0 Å². The molecular formula is C12H25N3O3. The summed E-state index contributed by atoms with van der Waals surface area (Å²) in [6.07, 6.45) is 1.03. The molecule has 1 atom stereocenters. The van der Waals surface area contributed by atoms with Gasteiger partial charge < -0.3 is 20.1 Å². The van der Waals surface area contributed by atoms with Crippen molar-refractivity contribution in [3.05, 3.63) is 0 Å². The Balaban J connectivity index is 2.06. The Kier molecular flexibility index (Phi) is 7.91. The summed E-state index contributed by atoms with van der Waals surface area (Å²) in [6, 6.07) is 0. The predicted molar refractivity (Wildman–Crippen MR) is 69.6 cm³/mol. The standard InChI is InChI=1S/C12H25N3O3/c1-15(9-11-8-13-5-7-18-11)10-12(16)14-4-3-6-17-2/h11,13H,3-10H2,1-2H3,(H,14,16). The van der Waals surface area contributed by atoms with E-state index in [1.54, 1.807) is 7.11 Å². The molecule has 106 valence electrons. The Hall–Kier alpha value is -0.690. The third kappa shape index (κ3) is 6.90. The highest BCUT2D eigenvalue weighted by molar-refractivity contribution is 5.77. The number of carbonyl (C=O) groups is 1. The van der Waals surface area contributed by atoms with Gasteiger partial charge in [-0.05, 0) is 13.5 Å². The average molecular weight is 259 g/mol. The number of likely N-dealkylation sites (N-methyl/N-ethyl adjacent to an activating group) is 1. The molecule has 0 aromatic carbocycles. The maximum atomic E-state index is 11.6. The predicted octanol–water partition coefficient (Wildman–Crippen LogP) is -0.941. The molecule has 6 heteroatoms. The molecule has 1 rings (SSSR count). The zero-order valence-corrected chi connectivity index (χ0v) is 11.4. The van der Waals surface area contributed by atoms with Gasteiger partial charge in [-0.3, -0.25) is 9.69 Å². The molecule has 6 nitrogen and oxygen atoms in total. The zero-order valence-electron chi connectivity index (χ0n) is 11.4. The summed E-state index contributed by atoms with van der Waals surface area (Å²) in [7, 11) is 3.60. The van der Waals surface area contributed by atoms with Crippen LogP contribution in [-0.4, -0.2) is 77.0 Å². The fourth-order valence-electron chi connectivity index (χ4n) is 1.89. The number of methoxy groups -OCH3 is 1. The number of nitrogens with one attached hydrogen (secondary N) is 2. The number of morpholine rings is 1. The van der Waals surface area contributed by atoms with E-state index in [0.717, 1.165) is 32.7 Å². The lowest BCUT2D eigenvalue weighted by molar-refractivity contribution is -0.122. The van der Waals surface area contributed by atoms with Crippen LogP contribution in [-0.2, 0) is 14.3 Å². The van der Waals surface area contributed by atoms with Gasteiger partial charge in [-0.15, -0.1) is 0 Å². The van der Waals surface area contributed by atoms with E-state index in [9.17, 15) is 4.79 Å². The van der Waals surface area contributed by atoms with Gasteiger partial charge in [0.05, 0.1) is 19.3 Å². The molecule has 1 amide bonds. The topological polar surface area (TPSA) is 62.8 Å². The van der Waals surface area contributed by atoms with Crippen LogP contribution < -0.4 is 10.6 Å². The van der Waals surface area contributed by atoms with E-state index in [4.69, 9.17) is 9.47 Å². The van der Waals surface area contributed by atoms with Crippen molar-refractivity contribution in [1.82, 2.24) is 15.5 Å². The summed E-state index contributed by atoms with van der Waals surface area (Å²) in [5.74, 6) is 0.0531. The maximum Gasteiger partial charge on any atom is 0.234 e. The monoisotopic (exact) mass is 259 g/mol. The van der Waals surface area contributed by atoms with Crippen LogP contribution >= 0.6 is 0 Å². The van der Waals surface area contributed by atoms with Gasteiger partial charge in [0.25, 0.3) is 0 Å². The van der Waals surface area contributed by atoms with Crippen molar-refractivity contribution < 1.29 is 14.3 Å². The van der Waals surface area contributed by atoms with Crippen molar-refractivity contribution in [2.75, 3.05) is 60.1 Å². The minimum absolute atomic E-state index is 0.0531. The highest BCUT2D eigenvalue weighted by Crippen LogP contribution is 1.98. The molecule has 1 heterocycles. The summed E-state index contributed by atoms with van der Waals surface area (Å²) < 4.78 is 10.5. The normalized spacial score (nSPS) is 20.1. The second-order valence-corrected chi connectivity index (χ2v) is 4.59. The Labute approximate surface area is 109 Å². The van der Waals surface area contributed by atoms with E-state index in [1.807, 2.05) is 11.9 Å². The SMILES string of the molecule is COCCCNC(=O)CN(C)CC1CNCCO1. The zero-order chi connectivity index (χ0) is 13.2. The van der Waals surface area contributed by atoms with E-state index >= 15 is 0 Å². The molecule has 1 unspecified atom stereocenters. The number of nitrogens with zero attached hydrogens (tertiary/aromatic N) is 1. The minimum Gasteiger partial charge on any atom is -0.385 e. The van der Waals surface area contributed by atoms with Crippen molar-refractivity contribution in [2.45, 2.75) is 12.5 Å². The van der Waals surface area contributed by atoms with Crippen molar-refractivity contribution in [3.63, 3.8) is 0 Å². The molecule has 18 heavy (non-hydrogen) atoms. The molecule has 1 aliphatic heterocycles. The number of carbonyl (C=O) groups excluding carboxylic acids is 1. The van der Waals surface area contributed by atoms with E-state index in [1.165, 1.54) is 0 Å². The molecule has 0 aromatic rings. The Morgan fingerprint density at radius 2 is 2.44 bits per heavy atom. The van der Waals surface area contributed by atoms with E-state index in [0.29, 0.717) is 19.7 Å². The fraction of sp³-hybridized carbons (Fsp3) is 0.917. The van der Waals surface area contributed by atoms with Crippen LogP contribution in [0.15, 0.2) is 0 Å². The molecule has 0 aliphatic carbocycles. The minimum atomic E-state index is 0.0531. The van der Waals surface area contributed by atoms with Gasteiger partial charge in [-0.25, -0.2) is 0 Å². The molecular weight excluding hydrogens is 234 g/mol. The van der Waals surface area contributed by atoms with Gasteiger partial charge >= 0.3 is 0 Å². The number of hydrogen-bond donors (Lipinski definition) is 2. The van der Waals surface area contributed by atoms with Crippen LogP contribution in [0.1, 0.15) is 6.42 Å². The Morgan fingerprint density at radius 3 is 3.11 bits per heavy atom. The maximum absolute atomic E-state index is 11.6. The Bertz CT molecular complexity index is 233. The smallest absolute Gasteiger partial charge is 0.234 e. The fourth-order valence-corrected chi connectivity index (χ4v) is 1.89. The van der Waals surface area contributed by atoms with Crippen LogP contribution in [0.2, 0.25) is 0 Å². The van der Waals surface area contributed by atoms with Crippen molar-refractivity contribution >= 4 is 5.91 Å². The third-order valence-electron chi connectivity index (χ3n) is 2.78. The first kappa shape index (κ1) is 15.4. The highest BCUT2D eigenvalue weighted by Gasteiger charge is 2.16. The highest BCUT2D eigenvalue weighted by atomic mass is 16.5. The largest absolute Gasteiger partial charge is 0.385 e. The van der Waals surface area contributed by atoms with Crippen LogP contribution in [0.25, 0.3) is 0 Å². The molecule has 1 saturated heterocycles. The lowest BCUT2D eigenvalue weighted by Gasteiger charge is -2.27. The number of hydrogen-bond acceptors (Lipinski definition) is 5. The van der Waals surface area contributed by atoms with E-state index in [2.05, 4.69) is 10.6 Å². The Morgan fingerprint density at radius 1 is 1.61 bits per heavy atom. The van der Waals surface area contributed by atoms with Crippen LogP contribution in [0, 0.1) is 0 Å². The quantitative estimate of drug-likeness (QED) is 0.551. The summed E-state index contributed by atoms with van der Waals surface area (Å²) in [5.41, 5.74) is 0. The summed E-state index contributed by atoms with van der Waals surface area (Å²) in [6.45, 7) is 5.06. The first-order valence-corrected chi connectivity index (χ1v) is 6.49. The van der Waals surface area contributed by atoms with Gasteiger partial charge in [-0.2, -0.15) is 0 Å². The van der Waals surface area contributed by atoms with Gasteiger partial charge in [0.1, 0.15) is 0 Å². The van der Waals surface area contributed by atoms with Gasteiger partial charge in [-0.1, -0.05) is 0 Å². The van der Waals surface area contributed by atoms with Gasteiger partial charge in [0, 0.05) is 39.9 Å². The lowest BCUT2D eigenvalue weighted by atomic mass is 10.3. The summed E-state index contributed by atoms with van der Waals surface area (Å²) >= 11 is 0. The molecule has 1 fully saturated rings. The van der Waals surface area contributed by atoms with Crippen LogP contribution in [0.3, 0.4) is 0 Å². The van der Waals surface area contributed by atoms with Gasteiger partial charge in [0.15, 0.2) is 0 Å².